The number of hydrogen-bond donors (Lipinski definition) is 0. The second kappa shape index (κ2) is 12.4. The summed E-state index contributed by atoms with van der Waals surface area (Å²) in [4.78, 5) is 16.4. The average Bonchev–Trinajstić information content (AvgIpc) is 3.29. The number of likely N-dealkylation sites (tertiary alicyclic amines) is 1. The van der Waals surface area contributed by atoms with E-state index in [1.165, 1.54) is 21.6 Å². The molecule has 2 unspecified atom stereocenters. The lowest BCUT2D eigenvalue weighted by Crippen LogP contribution is -2.40. The lowest BCUT2D eigenvalue weighted by atomic mass is 9.83. The second-order valence-electron chi connectivity index (χ2n) is 10.9. The monoisotopic (exact) mass is 531 g/mol. The van der Waals surface area contributed by atoms with Crippen molar-refractivity contribution in [1.29, 1.82) is 0 Å². The molecular formula is C33H41NO3S. The molecule has 1 heterocycles. The molecule has 0 aliphatic carbocycles. The zero-order valence-electron chi connectivity index (χ0n) is 23.6. The molecule has 0 amide bonds. The van der Waals surface area contributed by atoms with Crippen molar-refractivity contribution in [3.05, 3.63) is 94.5 Å². The smallest absolute Gasteiger partial charge is 0.349 e. The lowest BCUT2D eigenvalue weighted by molar-refractivity contribution is -0.158. The molecule has 0 spiro atoms. The summed E-state index contributed by atoms with van der Waals surface area (Å²) in [5.41, 5.74) is 5.17. The Labute approximate surface area is 232 Å². The number of esters is 1. The Morgan fingerprint density at radius 1 is 0.974 bits per heavy atom. The van der Waals surface area contributed by atoms with Crippen LogP contribution in [0.5, 0.6) is 5.75 Å². The zero-order valence-corrected chi connectivity index (χ0v) is 24.4. The summed E-state index contributed by atoms with van der Waals surface area (Å²) < 4.78 is 11.5. The third kappa shape index (κ3) is 6.81. The highest BCUT2D eigenvalue weighted by atomic mass is 32.2. The van der Waals surface area contributed by atoms with E-state index in [2.05, 4.69) is 91.7 Å². The van der Waals surface area contributed by atoms with Crippen LogP contribution in [0, 0.1) is 19.8 Å². The zero-order chi connectivity index (χ0) is 27.3. The molecule has 0 aromatic heterocycles. The minimum atomic E-state index is -1.04. The fourth-order valence-corrected chi connectivity index (χ4v) is 5.95. The van der Waals surface area contributed by atoms with Gasteiger partial charge in [-0.2, -0.15) is 0 Å². The van der Waals surface area contributed by atoms with Crippen molar-refractivity contribution in [3.8, 4) is 5.75 Å². The van der Waals surface area contributed by atoms with E-state index in [1.807, 2.05) is 6.92 Å². The summed E-state index contributed by atoms with van der Waals surface area (Å²) in [6.07, 6.45) is 3.17. The molecular weight excluding hydrogens is 490 g/mol. The Bertz CT molecular complexity index is 1200. The first kappa shape index (κ1) is 28.3. The Kier molecular flexibility index (Phi) is 9.22. The van der Waals surface area contributed by atoms with E-state index < -0.39 is 5.60 Å². The van der Waals surface area contributed by atoms with Crippen molar-refractivity contribution >= 4 is 17.7 Å². The SMILES string of the molecule is CCOC(=O)C(C)(C)Oc1c(C)cc(C2CN(Cc3ccccc3)CC2Cc2ccc(SC)cc2)cc1C. The summed E-state index contributed by atoms with van der Waals surface area (Å²) >= 11 is 1.78. The Morgan fingerprint density at radius 3 is 2.24 bits per heavy atom. The number of thioether (sulfide) groups is 1. The van der Waals surface area contributed by atoms with Crippen LogP contribution in [0.2, 0.25) is 0 Å². The van der Waals surface area contributed by atoms with Gasteiger partial charge in [0.25, 0.3) is 0 Å². The van der Waals surface area contributed by atoms with Gasteiger partial charge in [0.1, 0.15) is 5.75 Å². The van der Waals surface area contributed by atoms with Gasteiger partial charge in [-0.05, 0) is 93.2 Å². The predicted octanol–water partition coefficient (Wildman–Crippen LogP) is 7.20. The van der Waals surface area contributed by atoms with Crippen molar-refractivity contribution in [1.82, 2.24) is 4.90 Å². The van der Waals surface area contributed by atoms with Gasteiger partial charge in [-0.25, -0.2) is 4.79 Å². The minimum absolute atomic E-state index is 0.338. The van der Waals surface area contributed by atoms with Gasteiger partial charge in [0.2, 0.25) is 0 Å². The van der Waals surface area contributed by atoms with Gasteiger partial charge >= 0.3 is 5.97 Å². The third-order valence-electron chi connectivity index (χ3n) is 7.46. The highest BCUT2D eigenvalue weighted by molar-refractivity contribution is 7.98. The van der Waals surface area contributed by atoms with Gasteiger partial charge in [0.05, 0.1) is 6.61 Å². The fraction of sp³-hybridized carbons (Fsp3) is 0.424. The average molecular weight is 532 g/mol. The largest absolute Gasteiger partial charge is 0.476 e. The van der Waals surface area contributed by atoms with Crippen LogP contribution in [0.3, 0.4) is 0 Å². The molecule has 2 atom stereocenters. The molecule has 1 aliphatic rings. The normalized spacial score (nSPS) is 17.9. The van der Waals surface area contributed by atoms with Crippen LogP contribution in [0.15, 0.2) is 71.6 Å². The maximum Gasteiger partial charge on any atom is 0.349 e. The van der Waals surface area contributed by atoms with Gasteiger partial charge in [-0.15, -0.1) is 11.8 Å². The molecule has 1 fully saturated rings. The quantitative estimate of drug-likeness (QED) is 0.204. The van der Waals surface area contributed by atoms with Crippen LogP contribution in [-0.4, -0.2) is 42.4 Å². The number of ether oxygens (including phenoxy) is 2. The predicted molar refractivity (Wildman–Crippen MR) is 157 cm³/mol. The van der Waals surface area contributed by atoms with Crippen LogP contribution in [0.4, 0.5) is 0 Å². The van der Waals surface area contributed by atoms with E-state index >= 15 is 0 Å². The van der Waals surface area contributed by atoms with Crippen LogP contribution in [0.25, 0.3) is 0 Å². The summed E-state index contributed by atoms with van der Waals surface area (Å²) in [5, 5.41) is 0. The third-order valence-corrected chi connectivity index (χ3v) is 8.20. The Balaban J connectivity index is 1.59. The topological polar surface area (TPSA) is 38.8 Å². The van der Waals surface area contributed by atoms with Gasteiger partial charge in [0, 0.05) is 30.4 Å². The molecule has 3 aromatic rings. The van der Waals surface area contributed by atoms with E-state index in [4.69, 9.17) is 9.47 Å². The van der Waals surface area contributed by atoms with E-state index in [0.29, 0.717) is 18.4 Å². The van der Waals surface area contributed by atoms with E-state index in [-0.39, 0.29) is 5.97 Å². The second-order valence-corrected chi connectivity index (χ2v) is 11.8. The van der Waals surface area contributed by atoms with E-state index in [9.17, 15) is 4.79 Å². The van der Waals surface area contributed by atoms with Crippen LogP contribution in [-0.2, 0) is 22.5 Å². The molecule has 5 heteroatoms. The minimum Gasteiger partial charge on any atom is -0.476 e. The van der Waals surface area contributed by atoms with Gasteiger partial charge < -0.3 is 9.47 Å². The van der Waals surface area contributed by atoms with Crippen molar-refractivity contribution < 1.29 is 14.3 Å². The van der Waals surface area contributed by atoms with Gasteiger partial charge in [-0.1, -0.05) is 54.6 Å². The van der Waals surface area contributed by atoms with Crippen LogP contribution >= 0.6 is 11.8 Å². The van der Waals surface area contributed by atoms with Crippen LogP contribution in [0.1, 0.15) is 54.5 Å². The lowest BCUT2D eigenvalue weighted by Gasteiger charge is -2.27. The Morgan fingerprint density at radius 2 is 1.63 bits per heavy atom. The molecule has 4 rings (SSSR count). The number of carbonyl (C=O) groups is 1. The standard InChI is InChI=1S/C33H41NO3S/c1-7-36-32(35)33(4,5)37-31-23(2)17-27(18-24(31)3)30-22-34(20-26-11-9-8-10-12-26)21-28(30)19-25-13-15-29(38-6)16-14-25/h8-18,28,30H,7,19-22H2,1-6H3. The highest BCUT2D eigenvalue weighted by Gasteiger charge is 2.36. The number of hydrogen-bond acceptors (Lipinski definition) is 5. The number of carbonyl (C=O) groups excluding carboxylic acids is 1. The maximum atomic E-state index is 12.5. The molecule has 3 aromatic carbocycles. The number of nitrogens with zero attached hydrogens (tertiary/aromatic N) is 1. The summed E-state index contributed by atoms with van der Waals surface area (Å²) in [6.45, 7) is 12.9. The maximum absolute atomic E-state index is 12.5. The van der Waals surface area contributed by atoms with Crippen molar-refractivity contribution in [3.63, 3.8) is 0 Å². The van der Waals surface area contributed by atoms with Crippen molar-refractivity contribution in [2.45, 2.75) is 64.0 Å². The molecule has 4 nitrogen and oxygen atoms in total. The molecule has 0 bridgehead atoms. The Hall–Kier alpha value is -2.76. The van der Waals surface area contributed by atoms with Crippen LogP contribution < -0.4 is 4.74 Å². The fourth-order valence-electron chi connectivity index (χ4n) is 5.54. The van der Waals surface area contributed by atoms with Gasteiger partial charge in [0.15, 0.2) is 5.60 Å². The number of benzene rings is 3. The van der Waals surface area contributed by atoms with Crippen molar-refractivity contribution in [2.24, 2.45) is 5.92 Å². The molecule has 202 valence electrons. The molecule has 1 aliphatic heterocycles. The number of rotatable bonds is 10. The highest BCUT2D eigenvalue weighted by Crippen LogP contribution is 2.39. The molecule has 0 saturated carbocycles. The molecule has 0 N–H and O–H groups in total. The van der Waals surface area contributed by atoms with Gasteiger partial charge in [-0.3, -0.25) is 4.90 Å². The first-order valence-electron chi connectivity index (χ1n) is 13.6. The van der Waals surface area contributed by atoms with Crippen molar-refractivity contribution in [2.75, 3.05) is 26.0 Å². The number of aryl methyl sites for hydroxylation is 2. The molecule has 38 heavy (non-hydrogen) atoms. The van der Waals surface area contributed by atoms with E-state index in [1.54, 1.807) is 25.6 Å². The summed E-state index contributed by atoms with van der Waals surface area (Å²) in [5.74, 6) is 1.36. The van der Waals surface area contributed by atoms with E-state index in [0.717, 1.165) is 42.9 Å². The molecule has 1 saturated heterocycles. The summed E-state index contributed by atoms with van der Waals surface area (Å²) in [7, 11) is 0. The summed E-state index contributed by atoms with van der Waals surface area (Å²) in [6, 6.07) is 24.3. The first-order chi connectivity index (χ1) is 18.2. The molecule has 0 radical (unpaired) electrons. The first-order valence-corrected chi connectivity index (χ1v) is 14.8.